The number of aromatic nitrogens is 2. The molecule has 6 heteroatoms. The van der Waals surface area contributed by atoms with Gasteiger partial charge in [0, 0.05) is 6.54 Å². The number of esters is 1. The monoisotopic (exact) mass is 249 g/mol. The molecule has 0 spiro atoms. The second kappa shape index (κ2) is 5.57. The molecule has 1 fully saturated rings. The summed E-state index contributed by atoms with van der Waals surface area (Å²) in [5.41, 5.74) is 0.445. The first-order valence-electron chi connectivity index (χ1n) is 5.89. The average molecular weight is 249 g/mol. The number of piperidine rings is 1. The van der Waals surface area contributed by atoms with E-state index in [1.165, 1.54) is 19.5 Å². The summed E-state index contributed by atoms with van der Waals surface area (Å²) in [4.78, 5) is 25.5. The van der Waals surface area contributed by atoms with Gasteiger partial charge in [0.05, 0.1) is 25.1 Å². The number of carbonyl (C=O) groups excluding carboxylic acids is 2. The van der Waals surface area contributed by atoms with E-state index in [9.17, 15) is 9.59 Å². The van der Waals surface area contributed by atoms with Crippen molar-refractivity contribution in [2.45, 2.75) is 25.3 Å². The van der Waals surface area contributed by atoms with Crippen molar-refractivity contribution < 1.29 is 14.3 Å². The van der Waals surface area contributed by atoms with Crippen LogP contribution in [0.3, 0.4) is 0 Å². The highest BCUT2D eigenvalue weighted by molar-refractivity contribution is 5.96. The molecule has 0 radical (unpaired) electrons. The topological polar surface area (TPSA) is 72.4 Å². The third-order valence-corrected chi connectivity index (χ3v) is 3.07. The summed E-state index contributed by atoms with van der Waals surface area (Å²) in [7, 11) is 1.34. The highest BCUT2D eigenvalue weighted by atomic mass is 16.5. The lowest BCUT2D eigenvalue weighted by molar-refractivity contribution is -0.147. The molecule has 1 amide bonds. The van der Waals surface area contributed by atoms with Gasteiger partial charge in [-0.3, -0.25) is 4.79 Å². The Balaban J connectivity index is 2.19. The van der Waals surface area contributed by atoms with Crippen LogP contribution in [0.15, 0.2) is 18.5 Å². The van der Waals surface area contributed by atoms with Gasteiger partial charge in [-0.15, -0.1) is 0 Å². The number of ether oxygens (including phenoxy) is 1. The van der Waals surface area contributed by atoms with Gasteiger partial charge < -0.3 is 9.64 Å². The molecule has 0 aliphatic carbocycles. The maximum atomic E-state index is 12.3. The van der Waals surface area contributed by atoms with Crippen molar-refractivity contribution in [3.8, 4) is 0 Å². The number of hydrogen-bond donors (Lipinski definition) is 0. The van der Waals surface area contributed by atoms with Gasteiger partial charge in [-0.25, -0.2) is 4.79 Å². The van der Waals surface area contributed by atoms with Crippen LogP contribution in [0.2, 0.25) is 0 Å². The number of nitrogens with zero attached hydrogens (tertiary/aromatic N) is 3. The van der Waals surface area contributed by atoms with E-state index in [2.05, 4.69) is 10.2 Å². The molecule has 2 rings (SSSR count). The molecule has 1 aliphatic heterocycles. The smallest absolute Gasteiger partial charge is 0.328 e. The van der Waals surface area contributed by atoms with Crippen molar-refractivity contribution in [2.75, 3.05) is 13.7 Å². The predicted octanol–water partition coefficient (Wildman–Crippen LogP) is 0.644. The minimum Gasteiger partial charge on any atom is -0.467 e. The van der Waals surface area contributed by atoms with Gasteiger partial charge in [0.2, 0.25) is 0 Å². The molecular weight excluding hydrogens is 234 g/mol. The van der Waals surface area contributed by atoms with Gasteiger partial charge in [0.1, 0.15) is 6.04 Å². The van der Waals surface area contributed by atoms with Gasteiger partial charge in [0.25, 0.3) is 5.91 Å². The molecule has 6 nitrogen and oxygen atoms in total. The standard InChI is InChI=1S/C12H15N3O3/c1-18-12(17)10-4-2-3-7-15(10)11(16)9-5-6-13-14-8-9/h5-6,8,10H,2-4,7H2,1H3. The van der Waals surface area contributed by atoms with Gasteiger partial charge >= 0.3 is 5.97 Å². The molecule has 1 saturated heterocycles. The number of amides is 1. The zero-order valence-electron chi connectivity index (χ0n) is 10.2. The van der Waals surface area contributed by atoms with Crippen molar-refractivity contribution in [3.05, 3.63) is 24.0 Å². The first-order valence-corrected chi connectivity index (χ1v) is 5.89. The van der Waals surface area contributed by atoms with Crippen LogP contribution in [0.4, 0.5) is 0 Å². The van der Waals surface area contributed by atoms with Crippen molar-refractivity contribution in [2.24, 2.45) is 0 Å². The third-order valence-electron chi connectivity index (χ3n) is 3.07. The maximum Gasteiger partial charge on any atom is 0.328 e. The largest absolute Gasteiger partial charge is 0.467 e. The van der Waals surface area contributed by atoms with E-state index < -0.39 is 6.04 Å². The van der Waals surface area contributed by atoms with E-state index in [-0.39, 0.29) is 11.9 Å². The molecule has 1 aromatic heterocycles. The summed E-state index contributed by atoms with van der Waals surface area (Å²) >= 11 is 0. The van der Waals surface area contributed by atoms with Gasteiger partial charge in [-0.1, -0.05) is 0 Å². The lowest BCUT2D eigenvalue weighted by atomic mass is 10.0. The Morgan fingerprint density at radius 2 is 2.22 bits per heavy atom. The van der Waals surface area contributed by atoms with Crippen molar-refractivity contribution in [3.63, 3.8) is 0 Å². The Bertz CT molecular complexity index is 435. The maximum absolute atomic E-state index is 12.3. The van der Waals surface area contributed by atoms with E-state index in [0.29, 0.717) is 18.5 Å². The van der Waals surface area contributed by atoms with Crippen molar-refractivity contribution >= 4 is 11.9 Å². The SMILES string of the molecule is COC(=O)C1CCCCN1C(=O)c1ccnnc1. The summed E-state index contributed by atoms with van der Waals surface area (Å²) in [6.07, 6.45) is 5.35. The number of carbonyl (C=O) groups is 2. The molecule has 18 heavy (non-hydrogen) atoms. The molecule has 0 saturated carbocycles. The molecule has 1 aromatic rings. The summed E-state index contributed by atoms with van der Waals surface area (Å²) in [5.74, 6) is -0.551. The normalized spacial score (nSPS) is 19.4. The summed E-state index contributed by atoms with van der Waals surface area (Å²) < 4.78 is 4.75. The summed E-state index contributed by atoms with van der Waals surface area (Å²) in [6.45, 7) is 0.570. The molecular formula is C12H15N3O3. The number of hydrogen-bond acceptors (Lipinski definition) is 5. The summed E-state index contributed by atoms with van der Waals surface area (Å²) in [5, 5.41) is 7.31. The third kappa shape index (κ3) is 2.47. The van der Waals surface area contributed by atoms with Crippen LogP contribution >= 0.6 is 0 Å². The van der Waals surface area contributed by atoms with Gasteiger partial charge in [-0.2, -0.15) is 10.2 Å². The molecule has 1 aliphatic rings. The lowest BCUT2D eigenvalue weighted by Crippen LogP contribution is -2.48. The lowest BCUT2D eigenvalue weighted by Gasteiger charge is -2.33. The van der Waals surface area contributed by atoms with E-state index >= 15 is 0 Å². The van der Waals surface area contributed by atoms with E-state index in [4.69, 9.17) is 4.74 Å². The number of methoxy groups -OCH3 is 1. The average Bonchev–Trinajstić information content (AvgIpc) is 2.46. The quantitative estimate of drug-likeness (QED) is 0.719. The fourth-order valence-corrected chi connectivity index (χ4v) is 2.14. The number of likely N-dealkylation sites (tertiary alicyclic amines) is 1. The van der Waals surface area contributed by atoms with Gasteiger partial charge in [0.15, 0.2) is 0 Å². The molecule has 0 aromatic carbocycles. The van der Waals surface area contributed by atoms with Gasteiger partial charge in [-0.05, 0) is 25.3 Å². The second-order valence-corrected chi connectivity index (χ2v) is 4.16. The highest BCUT2D eigenvalue weighted by Crippen LogP contribution is 2.20. The minimum atomic E-state index is -0.482. The van der Waals surface area contributed by atoms with Crippen LogP contribution in [0.25, 0.3) is 0 Å². The fourth-order valence-electron chi connectivity index (χ4n) is 2.14. The van der Waals surface area contributed by atoms with Crippen molar-refractivity contribution in [1.82, 2.24) is 15.1 Å². The van der Waals surface area contributed by atoms with Crippen LogP contribution in [0.1, 0.15) is 29.6 Å². The molecule has 1 atom stereocenters. The Kier molecular flexibility index (Phi) is 3.86. The van der Waals surface area contributed by atoms with Crippen LogP contribution in [0, 0.1) is 0 Å². The Morgan fingerprint density at radius 3 is 2.89 bits per heavy atom. The fraction of sp³-hybridized carbons (Fsp3) is 0.500. The highest BCUT2D eigenvalue weighted by Gasteiger charge is 2.33. The minimum absolute atomic E-state index is 0.194. The van der Waals surface area contributed by atoms with Crippen LogP contribution in [-0.2, 0) is 9.53 Å². The predicted molar refractivity (Wildman–Crippen MR) is 62.7 cm³/mol. The Morgan fingerprint density at radius 1 is 1.39 bits per heavy atom. The van der Waals surface area contributed by atoms with Crippen LogP contribution in [-0.4, -0.2) is 46.7 Å². The van der Waals surface area contributed by atoms with E-state index in [1.54, 1.807) is 11.0 Å². The molecule has 2 heterocycles. The molecule has 1 unspecified atom stereocenters. The zero-order valence-corrected chi connectivity index (χ0v) is 10.2. The molecule has 0 N–H and O–H groups in total. The number of rotatable bonds is 2. The van der Waals surface area contributed by atoms with Crippen molar-refractivity contribution in [1.29, 1.82) is 0 Å². The van der Waals surface area contributed by atoms with E-state index in [1.807, 2.05) is 0 Å². The molecule has 0 bridgehead atoms. The first kappa shape index (κ1) is 12.5. The second-order valence-electron chi connectivity index (χ2n) is 4.16. The Labute approximate surface area is 105 Å². The zero-order chi connectivity index (χ0) is 13.0. The molecule has 96 valence electrons. The van der Waals surface area contributed by atoms with Crippen LogP contribution in [0.5, 0.6) is 0 Å². The first-order chi connectivity index (χ1) is 8.74. The van der Waals surface area contributed by atoms with E-state index in [0.717, 1.165) is 12.8 Å². The van der Waals surface area contributed by atoms with Crippen LogP contribution < -0.4 is 0 Å². The summed E-state index contributed by atoms with van der Waals surface area (Å²) in [6, 6.07) is 1.11. The Hall–Kier alpha value is -1.98.